The molecule has 3 nitrogen and oxygen atoms in total. The Labute approximate surface area is 82.8 Å². The highest BCUT2D eigenvalue weighted by Gasteiger charge is 2.07. The van der Waals surface area contributed by atoms with Crippen LogP contribution >= 0.6 is 27.9 Å². The van der Waals surface area contributed by atoms with E-state index in [0.717, 1.165) is 16.4 Å². The van der Waals surface area contributed by atoms with Crippen molar-refractivity contribution in [3.63, 3.8) is 0 Å². The number of halogens is 1. The molecule has 0 unspecified atom stereocenters. The minimum Gasteiger partial charge on any atom is -0.366 e. The van der Waals surface area contributed by atoms with Gasteiger partial charge >= 0.3 is 0 Å². The quantitative estimate of drug-likeness (QED) is 0.778. The van der Waals surface area contributed by atoms with Crippen LogP contribution in [0.1, 0.15) is 10.4 Å². The molecule has 0 spiro atoms. The molecule has 0 radical (unpaired) electrons. The van der Waals surface area contributed by atoms with Crippen LogP contribution in [0.15, 0.2) is 27.6 Å². The molecule has 1 rings (SSSR count). The lowest BCUT2D eigenvalue weighted by molar-refractivity contribution is 0.0997. The third-order valence-electron chi connectivity index (χ3n) is 1.33. The summed E-state index contributed by atoms with van der Waals surface area (Å²) in [6.45, 7) is 0. The van der Waals surface area contributed by atoms with Crippen molar-refractivity contribution in [2.45, 2.75) is 4.90 Å². The number of carbonyl (C=O) groups is 1. The first-order valence-corrected chi connectivity index (χ1v) is 4.78. The van der Waals surface area contributed by atoms with Gasteiger partial charge in [-0.3, -0.25) is 9.93 Å². The summed E-state index contributed by atoms with van der Waals surface area (Å²) in [5.74, 6) is -0.468. The summed E-state index contributed by atoms with van der Waals surface area (Å²) in [7, 11) is 0. The molecule has 1 aromatic carbocycles. The van der Waals surface area contributed by atoms with Gasteiger partial charge in [0.1, 0.15) is 0 Å². The second kappa shape index (κ2) is 3.93. The molecular formula is C7H7BrN2OS. The average Bonchev–Trinajstić information content (AvgIpc) is 2.04. The topological polar surface area (TPSA) is 69.1 Å². The van der Waals surface area contributed by atoms with Crippen molar-refractivity contribution in [2.75, 3.05) is 0 Å². The molecular weight excluding hydrogens is 240 g/mol. The number of hydrogen-bond donors (Lipinski definition) is 2. The predicted molar refractivity (Wildman–Crippen MR) is 52.7 cm³/mol. The van der Waals surface area contributed by atoms with E-state index in [4.69, 9.17) is 10.9 Å². The largest absolute Gasteiger partial charge is 0.366 e. The Morgan fingerprint density at radius 1 is 1.50 bits per heavy atom. The Morgan fingerprint density at radius 2 is 2.17 bits per heavy atom. The number of benzene rings is 1. The molecule has 12 heavy (non-hydrogen) atoms. The van der Waals surface area contributed by atoms with Gasteiger partial charge in [0.2, 0.25) is 5.91 Å². The van der Waals surface area contributed by atoms with Crippen molar-refractivity contribution >= 4 is 33.8 Å². The average molecular weight is 247 g/mol. The highest BCUT2D eigenvalue weighted by molar-refractivity contribution is 9.10. The fraction of sp³-hybridized carbons (Fsp3) is 0. The van der Waals surface area contributed by atoms with E-state index in [9.17, 15) is 4.79 Å². The van der Waals surface area contributed by atoms with Crippen molar-refractivity contribution < 1.29 is 4.79 Å². The minimum atomic E-state index is -0.468. The summed E-state index contributed by atoms with van der Waals surface area (Å²) >= 11 is 4.25. The monoisotopic (exact) mass is 246 g/mol. The van der Waals surface area contributed by atoms with Gasteiger partial charge in [-0.1, -0.05) is 15.9 Å². The van der Waals surface area contributed by atoms with E-state index in [1.165, 1.54) is 0 Å². The molecule has 0 aliphatic rings. The second-order valence-electron chi connectivity index (χ2n) is 2.12. The number of carbonyl (C=O) groups excluding carboxylic acids is 1. The number of amides is 1. The molecule has 0 aliphatic heterocycles. The molecule has 0 atom stereocenters. The maximum absolute atomic E-state index is 10.9. The van der Waals surface area contributed by atoms with E-state index in [0.29, 0.717) is 10.5 Å². The Kier molecular flexibility index (Phi) is 3.13. The third-order valence-corrected chi connectivity index (χ3v) is 2.44. The highest BCUT2D eigenvalue weighted by Crippen LogP contribution is 2.21. The van der Waals surface area contributed by atoms with Crippen molar-refractivity contribution in [3.8, 4) is 0 Å². The van der Waals surface area contributed by atoms with E-state index in [1.54, 1.807) is 12.1 Å². The standard InChI is InChI=1S/C7H7BrN2OS/c8-4-1-2-6(12-10)5(3-4)7(9)11/h1-3H,10H2,(H2,9,11). The summed E-state index contributed by atoms with van der Waals surface area (Å²) in [6, 6.07) is 5.20. The van der Waals surface area contributed by atoms with E-state index in [2.05, 4.69) is 15.9 Å². The molecule has 0 fully saturated rings. The van der Waals surface area contributed by atoms with E-state index in [1.807, 2.05) is 6.07 Å². The molecule has 1 amide bonds. The lowest BCUT2D eigenvalue weighted by Crippen LogP contribution is -2.12. The molecule has 0 aliphatic carbocycles. The highest BCUT2D eigenvalue weighted by atomic mass is 79.9. The van der Waals surface area contributed by atoms with Gasteiger partial charge < -0.3 is 5.73 Å². The molecule has 0 saturated carbocycles. The van der Waals surface area contributed by atoms with Gasteiger partial charge in [-0.25, -0.2) is 0 Å². The molecule has 64 valence electrons. The number of hydrogen-bond acceptors (Lipinski definition) is 3. The van der Waals surface area contributed by atoms with Crippen molar-refractivity contribution in [2.24, 2.45) is 10.9 Å². The van der Waals surface area contributed by atoms with Crippen LogP contribution < -0.4 is 10.9 Å². The van der Waals surface area contributed by atoms with E-state index >= 15 is 0 Å². The van der Waals surface area contributed by atoms with Gasteiger partial charge in [0, 0.05) is 9.37 Å². The second-order valence-corrected chi connectivity index (χ2v) is 3.71. The van der Waals surface area contributed by atoms with Crippen LogP contribution in [0.3, 0.4) is 0 Å². The molecule has 4 N–H and O–H groups in total. The Balaban J connectivity index is 3.21. The maximum atomic E-state index is 10.9. The molecule has 0 aromatic heterocycles. The van der Waals surface area contributed by atoms with Gasteiger partial charge in [0.05, 0.1) is 5.56 Å². The fourth-order valence-electron chi connectivity index (χ4n) is 0.798. The Morgan fingerprint density at radius 3 is 2.67 bits per heavy atom. The third kappa shape index (κ3) is 2.00. The molecule has 0 saturated heterocycles. The maximum Gasteiger partial charge on any atom is 0.249 e. The van der Waals surface area contributed by atoms with Crippen molar-refractivity contribution in [3.05, 3.63) is 28.2 Å². The summed E-state index contributed by atoms with van der Waals surface area (Å²) < 4.78 is 0.814. The summed E-state index contributed by atoms with van der Waals surface area (Å²) in [5.41, 5.74) is 5.57. The van der Waals surface area contributed by atoms with E-state index < -0.39 is 5.91 Å². The first kappa shape index (κ1) is 9.57. The summed E-state index contributed by atoms with van der Waals surface area (Å²) in [4.78, 5) is 11.6. The minimum absolute atomic E-state index is 0.442. The van der Waals surface area contributed by atoms with Crippen LogP contribution in [0.5, 0.6) is 0 Å². The summed E-state index contributed by atoms with van der Waals surface area (Å²) in [6.07, 6.45) is 0. The SMILES string of the molecule is NSc1ccc(Br)cc1C(N)=O. The fourth-order valence-corrected chi connectivity index (χ4v) is 1.59. The van der Waals surface area contributed by atoms with Gasteiger partial charge in [0.25, 0.3) is 0 Å². The molecule has 5 heteroatoms. The zero-order valence-corrected chi connectivity index (χ0v) is 8.48. The van der Waals surface area contributed by atoms with Gasteiger partial charge in [0.15, 0.2) is 0 Å². The Hall–Kier alpha value is -0.520. The zero-order valence-electron chi connectivity index (χ0n) is 6.08. The zero-order chi connectivity index (χ0) is 9.14. The van der Waals surface area contributed by atoms with Gasteiger partial charge in [-0.05, 0) is 30.1 Å². The molecule has 0 heterocycles. The van der Waals surface area contributed by atoms with Crippen LogP contribution in [0.4, 0.5) is 0 Å². The van der Waals surface area contributed by atoms with Crippen LogP contribution in [-0.2, 0) is 0 Å². The first-order valence-electron chi connectivity index (χ1n) is 3.11. The van der Waals surface area contributed by atoms with E-state index in [-0.39, 0.29) is 0 Å². The Bertz CT molecular complexity index is 316. The van der Waals surface area contributed by atoms with Crippen LogP contribution in [0, 0.1) is 0 Å². The smallest absolute Gasteiger partial charge is 0.249 e. The lowest BCUT2D eigenvalue weighted by atomic mass is 10.2. The normalized spacial score (nSPS) is 9.83. The van der Waals surface area contributed by atoms with Gasteiger partial charge in [-0.15, -0.1) is 0 Å². The van der Waals surface area contributed by atoms with Crippen molar-refractivity contribution in [1.82, 2.24) is 0 Å². The van der Waals surface area contributed by atoms with Crippen LogP contribution in [0.25, 0.3) is 0 Å². The molecule has 1 aromatic rings. The number of nitrogens with two attached hydrogens (primary N) is 2. The summed E-state index contributed by atoms with van der Waals surface area (Å²) in [5, 5.41) is 5.33. The van der Waals surface area contributed by atoms with Crippen LogP contribution in [0.2, 0.25) is 0 Å². The van der Waals surface area contributed by atoms with Gasteiger partial charge in [-0.2, -0.15) is 0 Å². The number of rotatable bonds is 2. The lowest BCUT2D eigenvalue weighted by Gasteiger charge is -2.02. The number of primary amides is 1. The predicted octanol–water partition coefficient (Wildman–Crippen LogP) is 1.51. The first-order chi connectivity index (χ1) is 5.65. The van der Waals surface area contributed by atoms with Crippen molar-refractivity contribution in [1.29, 1.82) is 0 Å². The van der Waals surface area contributed by atoms with Crippen LogP contribution in [-0.4, -0.2) is 5.91 Å². The molecule has 0 bridgehead atoms.